The Morgan fingerprint density at radius 2 is 1.92 bits per heavy atom. The molecule has 6 heteroatoms. The highest BCUT2D eigenvalue weighted by atomic mass is 32.2. The first-order chi connectivity index (χ1) is 12.3. The van der Waals surface area contributed by atoms with E-state index in [1.54, 1.807) is 11.8 Å². The van der Waals surface area contributed by atoms with Gasteiger partial charge >= 0.3 is 0 Å². The van der Waals surface area contributed by atoms with Crippen molar-refractivity contribution in [3.8, 4) is 0 Å². The Labute approximate surface area is 150 Å². The van der Waals surface area contributed by atoms with Crippen molar-refractivity contribution < 1.29 is 9.53 Å². The van der Waals surface area contributed by atoms with Crippen molar-refractivity contribution >= 4 is 23.3 Å². The topological polar surface area (TPSA) is 46.8 Å². The zero-order chi connectivity index (χ0) is 17.1. The van der Waals surface area contributed by atoms with Gasteiger partial charge in [-0.05, 0) is 36.4 Å². The van der Waals surface area contributed by atoms with Crippen LogP contribution in [-0.2, 0) is 10.5 Å². The number of amides is 1. The van der Waals surface area contributed by atoms with Crippen LogP contribution in [-0.4, -0.2) is 46.5 Å². The molecule has 1 amide bonds. The zero-order valence-corrected chi connectivity index (χ0v) is 14.6. The molecule has 0 spiro atoms. The third-order valence-electron chi connectivity index (χ3n) is 4.20. The summed E-state index contributed by atoms with van der Waals surface area (Å²) in [6, 6.07) is 13.8. The van der Waals surface area contributed by atoms with Gasteiger partial charge in [0.25, 0.3) is 5.91 Å². The number of hydrogen-bond donors (Lipinski definition) is 0. The van der Waals surface area contributed by atoms with E-state index in [9.17, 15) is 4.79 Å². The molecule has 1 aliphatic heterocycles. The maximum absolute atomic E-state index is 12.4. The van der Waals surface area contributed by atoms with Gasteiger partial charge in [-0.1, -0.05) is 6.07 Å². The number of imidazole rings is 1. The molecule has 5 nitrogen and oxygen atoms in total. The second-order valence-electron chi connectivity index (χ2n) is 5.92. The lowest BCUT2D eigenvalue weighted by molar-refractivity contribution is 0.0303. The summed E-state index contributed by atoms with van der Waals surface area (Å²) in [7, 11) is 0. The first-order valence-corrected chi connectivity index (χ1v) is 9.31. The number of fused-ring (bicyclic) bond motifs is 1. The van der Waals surface area contributed by atoms with Gasteiger partial charge in [-0.3, -0.25) is 4.79 Å². The molecule has 25 heavy (non-hydrogen) atoms. The third-order valence-corrected chi connectivity index (χ3v) is 5.25. The predicted octanol–water partition coefficient (Wildman–Crippen LogP) is 3.10. The van der Waals surface area contributed by atoms with Crippen LogP contribution in [0.25, 0.3) is 5.65 Å². The van der Waals surface area contributed by atoms with Crippen LogP contribution < -0.4 is 0 Å². The number of ether oxygens (including phenoxy) is 1. The number of morpholine rings is 1. The minimum atomic E-state index is 0.0835. The zero-order valence-electron chi connectivity index (χ0n) is 13.8. The van der Waals surface area contributed by atoms with E-state index in [1.807, 2.05) is 58.0 Å². The monoisotopic (exact) mass is 353 g/mol. The average Bonchev–Trinajstić information content (AvgIpc) is 3.10. The van der Waals surface area contributed by atoms with Crippen LogP contribution >= 0.6 is 11.8 Å². The highest BCUT2D eigenvalue weighted by Gasteiger charge is 2.18. The van der Waals surface area contributed by atoms with E-state index in [0.717, 1.165) is 27.6 Å². The number of rotatable bonds is 4. The lowest BCUT2D eigenvalue weighted by Crippen LogP contribution is -2.40. The van der Waals surface area contributed by atoms with Crippen LogP contribution in [0.2, 0.25) is 0 Å². The fourth-order valence-electron chi connectivity index (χ4n) is 2.86. The van der Waals surface area contributed by atoms with E-state index in [0.29, 0.717) is 26.3 Å². The summed E-state index contributed by atoms with van der Waals surface area (Å²) >= 11 is 1.72. The number of thioether (sulfide) groups is 1. The molecule has 0 N–H and O–H groups in total. The second-order valence-corrected chi connectivity index (χ2v) is 6.96. The molecule has 128 valence electrons. The lowest BCUT2D eigenvalue weighted by atomic mass is 10.2. The Morgan fingerprint density at radius 3 is 2.68 bits per heavy atom. The standard InChI is InChI=1S/C19H19N3O2S/c23-19(21-9-11-24-12-10-21)15-4-6-17(7-5-15)25-14-16-13-22-8-2-1-3-18(22)20-16/h1-8,13H,9-12,14H2. The first-order valence-electron chi connectivity index (χ1n) is 8.32. The fraction of sp³-hybridized carbons (Fsp3) is 0.263. The number of pyridine rings is 1. The van der Waals surface area contributed by atoms with E-state index < -0.39 is 0 Å². The number of nitrogens with zero attached hydrogens (tertiary/aromatic N) is 3. The van der Waals surface area contributed by atoms with Crippen LogP contribution in [0.1, 0.15) is 16.1 Å². The molecule has 4 rings (SSSR count). The van der Waals surface area contributed by atoms with Gasteiger partial charge in [-0.25, -0.2) is 4.98 Å². The van der Waals surface area contributed by atoms with Gasteiger partial charge in [-0.2, -0.15) is 0 Å². The quantitative estimate of drug-likeness (QED) is 0.676. The van der Waals surface area contributed by atoms with Crippen molar-refractivity contribution in [2.45, 2.75) is 10.6 Å². The molecule has 1 saturated heterocycles. The number of carbonyl (C=O) groups excluding carboxylic acids is 1. The maximum atomic E-state index is 12.4. The van der Waals surface area contributed by atoms with E-state index in [1.165, 1.54) is 0 Å². The fourth-order valence-corrected chi connectivity index (χ4v) is 3.64. The summed E-state index contributed by atoms with van der Waals surface area (Å²) < 4.78 is 7.32. The molecule has 0 atom stereocenters. The molecule has 0 saturated carbocycles. The molecule has 3 aromatic rings. The molecule has 0 radical (unpaired) electrons. The van der Waals surface area contributed by atoms with Gasteiger partial charge in [-0.15, -0.1) is 11.8 Å². The minimum absolute atomic E-state index is 0.0835. The number of aromatic nitrogens is 2. The van der Waals surface area contributed by atoms with Crippen molar-refractivity contribution in [2.24, 2.45) is 0 Å². The van der Waals surface area contributed by atoms with Gasteiger partial charge in [0.15, 0.2) is 0 Å². The van der Waals surface area contributed by atoms with Crippen LogP contribution in [0.15, 0.2) is 59.8 Å². The minimum Gasteiger partial charge on any atom is -0.378 e. The van der Waals surface area contributed by atoms with E-state index >= 15 is 0 Å². The summed E-state index contributed by atoms with van der Waals surface area (Å²) in [4.78, 5) is 20.0. The van der Waals surface area contributed by atoms with Gasteiger partial charge in [0.2, 0.25) is 0 Å². The van der Waals surface area contributed by atoms with E-state index in [2.05, 4.69) is 11.2 Å². The Bertz CT molecular complexity index is 837. The highest BCUT2D eigenvalue weighted by molar-refractivity contribution is 7.98. The molecule has 0 bridgehead atoms. The number of carbonyl (C=O) groups is 1. The normalized spacial score (nSPS) is 14.8. The van der Waals surface area contributed by atoms with Gasteiger partial charge in [0.05, 0.1) is 18.9 Å². The van der Waals surface area contributed by atoms with Crippen molar-refractivity contribution in [3.05, 3.63) is 66.1 Å². The van der Waals surface area contributed by atoms with Crippen molar-refractivity contribution in [1.29, 1.82) is 0 Å². The summed E-state index contributed by atoms with van der Waals surface area (Å²) in [5, 5.41) is 0. The molecular weight excluding hydrogens is 334 g/mol. The first kappa shape index (κ1) is 16.2. The smallest absolute Gasteiger partial charge is 0.254 e. The van der Waals surface area contributed by atoms with Crippen molar-refractivity contribution in [3.63, 3.8) is 0 Å². The van der Waals surface area contributed by atoms with Gasteiger partial charge in [0.1, 0.15) is 5.65 Å². The molecule has 1 fully saturated rings. The van der Waals surface area contributed by atoms with E-state index in [4.69, 9.17) is 4.74 Å². The molecule has 0 aliphatic carbocycles. The Balaban J connectivity index is 1.39. The second kappa shape index (κ2) is 7.29. The largest absolute Gasteiger partial charge is 0.378 e. The van der Waals surface area contributed by atoms with Crippen molar-refractivity contribution in [1.82, 2.24) is 14.3 Å². The summed E-state index contributed by atoms with van der Waals surface area (Å²) in [5.41, 5.74) is 2.74. The summed E-state index contributed by atoms with van der Waals surface area (Å²) in [6.07, 6.45) is 4.06. The Morgan fingerprint density at radius 1 is 1.12 bits per heavy atom. The molecule has 0 unspecified atom stereocenters. The van der Waals surface area contributed by atoms with Crippen LogP contribution in [0, 0.1) is 0 Å². The lowest BCUT2D eigenvalue weighted by Gasteiger charge is -2.26. The molecule has 1 aromatic carbocycles. The van der Waals surface area contributed by atoms with Gasteiger partial charge < -0.3 is 14.0 Å². The predicted molar refractivity (Wildman–Crippen MR) is 97.9 cm³/mol. The molecule has 3 heterocycles. The highest BCUT2D eigenvalue weighted by Crippen LogP contribution is 2.23. The van der Waals surface area contributed by atoms with E-state index in [-0.39, 0.29) is 5.91 Å². The SMILES string of the molecule is O=C(c1ccc(SCc2cn3ccccc3n2)cc1)N1CCOCC1. The van der Waals surface area contributed by atoms with Crippen LogP contribution in [0.4, 0.5) is 0 Å². The van der Waals surface area contributed by atoms with Crippen LogP contribution in [0.5, 0.6) is 0 Å². The Hall–Kier alpha value is -2.31. The molecule has 2 aromatic heterocycles. The average molecular weight is 353 g/mol. The molecular formula is C19H19N3O2S. The maximum Gasteiger partial charge on any atom is 0.254 e. The van der Waals surface area contributed by atoms with Gasteiger partial charge in [0, 0.05) is 41.7 Å². The summed E-state index contributed by atoms with van der Waals surface area (Å²) in [5.74, 6) is 0.888. The molecule has 1 aliphatic rings. The summed E-state index contributed by atoms with van der Waals surface area (Å²) in [6.45, 7) is 2.59. The number of benzene rings is 1. The Kier molecular flexibility index (Phi) is 4.72. The van der Waals surface area contributed by atoms with Crippen molar-refractivity contribution in [2.75, 3.05) is 26.3 Å². The third kappa shape index (κ3) is 3.70. The number of hydrogen-bond acceptors (Lipinski definition) is 4. The van der Waals surface area contributed by atoms with Crippen LogP contribution in [0.3, 0.4) is 0 Å².